The third kappa shape index (κ3) is 3.16. The molecule has 0 radical (unpaired) electrons. The lowest BCUT2D eigenvalue weighted by Gasteiger charge is -2.45. The molecule has 148 valence electrons. The predicted octanol–water partition coefficient (Wildman–Crippen LogP) is 3.32. The van der Waals surface area contributed by atoms with Crippen LogP contribution in [-0.4, -0.2) is 51.3 Å². The SMILES string of the molecule is C=C(Cc1ccc(F)cc1)N1CCN(c2ncnc3[nH]c(C=O)cc23)CC12CC2. The number of aromatic amines is 1. The van der Waals surface area contributed by atoms with Crippen LogP contribution in [0, 0.1) is 5.82 Å². The number of hydrogen-bond acceptors (Lipinski definition) is 5. The van der Waals surface area contributed by atoms with E-state index in [1.165, 1.54) is 12.1 Å². The van der Waals surface area contributed by atoms with E-state index in [4.69, 9.17) is 0 Å². The van der Waals surface area contributed by atoms with Gasteiger partial charge in [-0.25, -0.2) is 14.4 Å². The molecule has 1 aliphatic heterocycles. The average Bonchev–Trinajstić information content (AvgIpc) is 3.34. The number of carbonyl (C=O) groups excluding carboxylic acids is 1. The van der Waals surface area contributed by atoms with E-state index in [0.29, 0.717) is 11.3 Å². The molecule has 3 aromatic rings. The number of hydrogen-bond donors (Lipinski definition) is 1. The largest absolute Gasteiger partial charge is 0.366 e. The summed E-state index contributed by atoms with van der Waals surface area (Å²) in [5.41, 5.74) is 3.42. The Balaban J connectivity index is 1.36. The van der Waals surface area contributed by atoms with Gasteiger partial charge in [-0.2, -0.15) is 0 Å². The number of carbonyl (C=O) groups is 1. The van der Waals surface area contributed by atoms with Gasteiger partial charge >= 0.3 is 0 Å². The van der Waals surface area contributed by atoms with Gasteiger partial charge in [0.2, 0.25) is 0 Å². The van der Waals surface area contributed by atoms with Crippen LogP contribution in [0.25, 0.3) is 11.0 Å². The Kier molecular flexibility index (Phi) is 4.12. The lowest BCUT2D eigenvalue weighted by atomic mass is 10.0. The van der Waals surface area contributed by atoms with Crippen molar-refractivity contribution in [2.45, 2.75) is 24.8 Å². The number of benzene rings is 1. The van der Waals surface area contributed by atoms with Gasteiger partial charge in [0, 0.05) is 31.8 Å². The van der Waals surface area contributed by atoms with E-state index in [0.717, 1.165) is 67.6 Å². The summed E-state index contributed by atoms with van der Waals surface area (Å²) in [6, 6.07) is 8.46. The van der Waals surface area contributed by atoms with Crippen LogP contribution in [0.5, 0.6) is 0 Å². The fraction of sp³-hybridized carbons (Fsp3) is 0.318. The van der Waals surface area contributed by atoms with E-state index in [-0.39, 0.29) is 11.4 Å². The summed E-state index contributed by atoms with van der Waals surface area (Å²) in [7, 11) is 0. The Morgan fingerprint density at radius 2 is 2.03 bits per heavy atom. The van der Waals surface area contributed by atoms with Crippen molar-refractivity contribution in [1.29, 1.82) is 0 Å². The van der Waals surface area contributed by atoms with E-state index >= 15 is 0 Å². The summed E-state index contributed by atoms with van der Waals surface area (Å²) in [5.74, 6) is 0.653. The Morgan fingerprint density at radius 3 is 2.76 bits per heavy atom. The molecule has 0 unspecified atom stereocenters. The summed E-state index contributed by atoms with van der Waals surface area (Å²) in [5, 5.41) is 0.879. The molecule has 2 aromatic heterocycles. The van der Waals surface area contributed by atoms with E-state index in [1.807, 2.05) is 18.2 Å². The average molecular weight is 391 g/mol. The van der Waals surface area contributed by atoms with Gasteiger partial charge in [0.1, 0.15) is 23.6 Å². The third-order valence-electron chi connectivity index (χ3n) is 6.03. The third-order valence-corrected chi connectivity index (χ3v) is 6.03. The lowest BCUT2D eigenvalue weighted by Crippen LogP contribution is -2.54. The highest BCUT2D eigenvalue weighted by Gasteiger charge is 2.52. The molecule has 7 heteroatoms. The van der Waals surface area contributed by atoms with Crippen LogP contribution in [0.15, 0.2) is 48.9 Å². The molecule has 3 heterocycles. The molecule has 2 fully saturated rings. The van der Waals surface area contributed by atoms with Crippen LogP contribution in [0.1, 0.15) is 28.9 Å². The van der Waals surface area contributed by atoms with Crippen molar-refractivity contribution >= 4 is 23.1 Å². The van der Waals surface area contributed by atoms with Crippen LogP contribution in [-0.2, 0) is 6.42 Å². The summed E-state index contributed by atoms with van der Waals surface area (Å²) in [4.78, 5) is 27.6. The van der Waals surface area contributed by atoms with Gasteiger partial charge in [0.15, 0.2) is 6.29 Å². The normalized spacial score (nSPS) is 17.7. The summed E-state index contributed by atoms with van der Waals surface area (Å²) < 4.78 is 13.2. The molecule has 0 atom stereocenters. The fourth-order valence-electron chi connectivity index (χ4n) is 4.42. The first kappa shape index (κ1) is 17.8. The van der Waals surface area contributed by atoms with Crippen molar-refractivity contribution in [3.63, 3.8) is 0 Å². The smallest absolute Gasteiger partial charge is 0.166 e. The van der Waals surface area contributed by atoms with Crippen LogP contribution in [0.4, 0.5) is 10.2 Å². The Hall–Kier alpha value is -3.22. The van der Waals surface area contributed by atoms with Crippen molar-refractivity contribution < 1.29 is 9.18 Å². The molecule has 5 rings (SSSR count). The van der Waals surface area contributed by atoms with Gasteiger partial charge < -0.3 is 14.8 Å². The monoisotopic (exact) mass is 391 g/mol. The standard InChI is InChI=1S/C22H22FN5O/c1-15(10-16-2-4-17(23)5-3-16)28-9-8-27(13-22(28)6-7-22)21-19-11-18(12-29)26-20(19)24-14-25-21/h2-5,11-12,14H,1,6-10,13H2,(H,24,25,26). The molecule has 1 aromatic carbocycles. The number of aromatic nitrogens is 3. The number of nitrogens with zero attached hydrogens (tertiary/aromatic N) is 4. The quantitative estimate of drug-likeness (QED) is 0.676. The molecule has 0 amide bonds. The number of piperazine rings is 1. The predicted molar refractivity (Wildman–Crippen MR) is 109 cm³/mol. The topological polar surface area (TPSA) is 65.1 Å². The molecule has 1 saturated carbocycles. The Morgan fingerprint density at radius 1 is 1.24 bits per heavy atom. The van der Waals surface area contributed by atoms with Crippen molar-refractivity contribution in [3.8, 4) is 0 Å². The minimum atomic E-state index is -0.217. The van der Waals surface area contributed by atoms with Crippen LogP contribution in [0.2, 0.25) is 0 Å². The molecular weight excluding hydrogens is 369 g/mol. The number of H-pyrrole nitrogens is 1. The van der Waals surface area contributed by atoms with E-state index in [1.54, 1.807) is 6.33 Å². The fourth-order valence-corrected chi connectivity index (χ4v) is 4.42. The molecule has 1 aliphatic carbocycles. The van der Waals surface area contributed by atoms with Gasteiger partial charge in [0.25, 0.3) is 0 Å². The number of fused-ring (bicyclic) bond motifs is 1. The first-order valence-corrected chi connectivity index (χ1v) is 9.82. The highest BCUT2D eigenvalue weighted by molar-refractivity contribution is 5.92. The number of halogens is 1. The number of allylic oxidation sites excluding steroid dienone is 1. The first-order chi connectivity index (χ1) is 14.1. The maximum Gasteiger partial charge on any atom is 0.166 e. The van der Waals surface area contributed by atoms with Crippen LogP contribution >= 0.6 is 0 Å². The zero-order chi connectivity index (χ0) is 20.0. The van der Waals surface area contributed by atoms with Crippen molar-refractivity contribution in [3.05, 3.63) is 66.0 Å². The van der Waals surface area contributed by atoms with Crippen LogP contribution in [0.3, 0.4) is 0 Å². The lowest BCUT2D eigenvalue weighted by molar-refractivity contribution is 0.111. The molecular formula is C22H22FN5O. The van der Waals surface area contributed by atoms with Gasteiger partial charge in [-0.1, -0.05) is 18.7 Å². The molecule has 2 aliphatic rings. The van der Waals surface area contributed by atoms with Gasteiger partial charge in [-0.15, -0.1) is 0 Å². The minimum Gasteiger partial charge on any atom is -0.366 e. The maximum atomic E-state index is 13.2. The van der Waals surface area contributed by atoms with Crippen molar-refractivity contribution in [2.75, 3.05) is 24.5 Å². The highest BCUT2D eigenvalue weighted by atomic mass is 19.1. The second-order valence-electron chi connectivity index (χ2n) is 7.97. The first-order valence-electron chi connectivity index (χ1n) is 9.82. The zero-order valence-electron chi connectivity index (χ0n) is 16.1. The summed E-state index contributed by atoms with van der Waals surface area (Å²) >= 11 is 0. The second-order valence-corrected chi connectivity index (χ2v) is 7.97. The number of aldehydes is 1. The number of anilines is 1. The van der Waals surface area contributed by atoms with Crippen LogP contribution < -0.4 is 4.90 Å². The molecule has 29 heavy (non-hydrogen) atoms. The molecule has 0 bridgehead atoms. The number of rotatable bonds is 5. The summed E-state index contributed by atoms with van der Waals surface area (Å²) in [6.07, 6.45) is 5.30. The molecule has 1 saturated heterocycles. The molecule has 1 spiro atoms. The Labute approximate surface area is 168 Å². The van der Waals surface area contributed by atoms with Gasteiger partial charge in [-0.3, -0.25) is 4.79 Å². The summed E-state index contributed by atoms with van der Waals surface area (Å²) in [6.45, 7) is 6.88. The van der Waals surface area contributed by atoms with Crippen molar-refractivity contribution in [1.82, 2.24) is 19.9 Å². The van der Waals surface area contributed by atoms with Gasteiger partial charge in [-0.05, 0) is 36.6 Å². The molecule has 6 nitrogen and oxygen atoms in total. The van der Waals surface area contributed by atoms with E-state index in [2.05, 4.69) is 31.3 Å². The second kappa shape index (κ2) is 6.69. The minimum absolute atomic E-state index is 0.0798. The van der Waals surface area contributed by atoms with E-state index in [9.17, 15) is 9.18 Å². The zero-order valence-corrected chi connectivity index (χ0v) is 16.1. The maximum absolute atomic E-state index is 13.2. The van der Waals surface area contributed by atoms with Crippen molar-refractivity contribution in [2.24, 2.45) is 0 Å². The molecule has 1 N–H and O–H groups in total. The van der Waals surface area contributed by atoms with Gasteiger partial charge in [0.05, 0.1) is 16.6 Å². The number of nitrogens with one attached hydrogen (secondary N) is 1. The highest BCUT2D eigenvalue weighted by Crippen LogP contribution is 2.47. The van der Waals surface area contributed by atoms with E-state index < -0.39 is 0 Å². The Bertz CT molecular complexity index is 1090.